The number of esters is 1. The molecule has 17 nitrogen and oxygen atoms in total. The van der Waals surface area contributed by atoms with Gasteiger partial charge >= 0.3 is 19.9 Å². The number of rotatable bonds is 14. The number of nitrogens with one attached hydrogen (secondary N) is 2. The lowest BCUT2D eigenvalue weighted by Crippen LogP contribution is -2.33. The van der Waals surface area contributed by atoms with Gasteiger partial charge in [0.1, 0.15) is 29.3 Å². The number of methoxy groups -OCH3 is 1. The lowest BCUT2D eigenvalue weighted by atomic mass is 9.78. The number of amides is 1. The number of anilines is 2. The Labute approximate surface area is 294 Å². The first-order valence-corrected chi connectivity index (χ1v) is 17.8. The quantitative estimate of drug-likeness (QED) is 0.102. The van der Waals surface area contributed by atoms with Gasteiger partial charge in [0.2, 0.25) is 0 Å². The monoisotopic (exact) mass is 729 g/mol. The Hall–Kier alpha value is -4.54. The summed E-state index contributed by atoms with van der Waals surface area (Å²) in [6, 6.07) is 6.89. The van der Waals surface area contributed by atoms with Crippen LogP contribution in [0.15, 0.2) is 36.7 Å². The third-order valence-electron chi connectivity index (χ3n) is 8.02. The zero-order valence-corrected chi connectivity index (χ0v) is 30.5. The molecule has 0 unspecified atom stereocenters. The van der Waals surface area contributed by atoms with Crippen molar-refractivity contribution in [1.82, 2.24) is 29.7 Å². The van der Waals surface area contributed by atoms with E-state index in [1.807, 2.05) is 26.0 Å². The van der Waals surface area contributed by atoms with Crippen molar-refractivity contribution in [3.05, 3.63) is 64.7 Å². The van der Waals surface area contributed by atoms with Crippen molar-refractivity contribution in [3.63, 3.8) is 0 Å². The van der Waals surface area contributed by atoms with Crippen LogP contribution in [-0.4, -0.2) is 72.1 Å². The Bertz CT molecular complexity index is 1940. The Balaban J connectivity index is 1.37. The van der Waals surface area contributed by atoms with Crippen molar-refractivity contribution in [2.24, 2.45) is 0 Å². The third kappa shape index (κ3) is 9.62. The van der Waals surface area contributed by atoms with Gasteiger partial charge in [0.15, 0.2) is 12.5 Å². The predicted octanol–water partition coefficient (Wildman–Crippen LogP) is 4.74. The van der Waals surface area contributed by atoms with E-state index in [0.717, 1.165) is 5.56 Å². The fourth-order valence-electron chi connectivity index (χ4n) is 6.14. The highest BCUT2D eigenvalue weighted by atomic mass is 31.2. The molecule has 0 bridgehead atoms. The van der Waals surface area contributed by atoms with Gasteiger partial charge in [0, 0.05) is 49.0 Å². The van der Waals surface area contributed by atoms with Crippen LogP contribution in [0.5, 0.6) is 5.75 Å². The van der Waals surface area contributed by atoms with E-state index in [4.69, 9.17) is 23.5 Å². The first-order chi connectivity index (χ1) is 24.0. The molecular formula is C33H44N7O10P. The van der Waals surface area contributed by atoms with E-state index in [1.54, 1.807) is 57.8 Å². The van der Waals surface area contributed by atoms with E-state index < -0.39 is 37.5 Å². The average molecular weight is 730 g/mol. The normalized spacial score (nSPS) is 16.4. The van der Waals surface area contributed by atoms with Crippen LogP contribution >= 0.6 is 7.82 Å². The van der Waals surface area contributed by atoms with Crippen LogP contribution in [0.4, 0.5) is 16.4 Å². The van der Waals surface area contributed by atoms with Crippen LogP contribution in [0.2, 0.25) is 0 Å². The molecule has 4 N–H and O–H groups in total. The summed E-state index contributed by atoms with van der Waals surface area (Å²) in [5, 5.41) is 15.2. The molecule has 51 heavy (non-hydrogen) atoms. The Kier molecular flexibility index (Phi) is 11.4. The zero-order chi connectivity index (χ0) is 37.1. The van der Waals surface area contributed by atoms with Crippen molar-refractivity contribution in [2.45, 2.75) is 91.4 Å². The van der Waals surface area contributed by atoms with E-state index in [-0.39, 0.29) is 31.5 Å². The van der Waals surface area contributed by atoms with E-state index in [1.165, 1.54) is 10.7 Å². The molecular weight excluding hydrogens is 685 g/mol. The summed E-state index contributed by atoms with van der Waals surface area (Å²) in [7, 11) is -3.29. The standard InChI is InChI=1S/C33H44N7O10P/c1-19(2)35-32(42)49-23-13-26(47-17-23)24-14-28(36-31-25-12-22(16-46-7)37-39(25)9-8-34-31)40(38-24)18-48-29(41)15-33(5,6)30-21(4)10-20(3)11-27(30)50-51(43,44)45/h8-12,14,19,23,26H,13,15-18H2,1-7H3,(H,34,36)(H,35,42)(H2,43,44,45)/t23-,26-/m1/s1. The van der Waals surface area contributed by atoms with E-state index in [9.17, 15) is 23.9 Å². The average Bonchev–Trinajstić information content (AvgIpc) is 3.73. The Morgan fingerprint density at radius 1 is 1.16 bits per heavy atom. The van der Waals surface area contributed by atoms with Gasteiger partial charge in [0.25, 0.3) is 0 Å². The summed E-state index contributed by atoms with van der Waals surface area (Å²) in [6.07, 6.45) is 1.99. The number of hydrogen-bond donors (Lipinski definition) is 4. The maximum atomic E-state index is 13.4. The van der Waals surface area contributed by atoms with Gasteiger partial charge in [-0.2, -0.15) is 10.2 Å². The van der Waals surface area contributed by atoms with Crippen LogP contribution in [0.1, 0.15) is 74.7 Å². The molecule has 4 heterocycles. The summed E-state index contributed by atoms with van der Waals surface area (Å²) in [6.45, 7) is 11.0. The van der Waals surface area contributed by atoms with Gasteiger partial charge < -0.3 is 34.1 Å². The van der Waals surface area contributed by atoms with Crippen LogP contribution in [0.25, 0.3) is 5.52 Å². The first-order valence-electron chi connectivity index (χ1n) is 16.3. The number of carbonyl (C=O) groups is 2. The van der Waals surface area contributed by atoms with Gasteiger partial charge in [-0.25, -0.2) is 23.5 Å². The maximum Gasteiger partial charge on any atom is 0.524 e. The molecule has 5 rings (SSSR count). The number of alkyl carbamates (subject to hydrolysis) is 1. The van der Waals surface area contributed by atoms with Crippen molar-refractivity contribution in [1.29, 1.82) is 0 Å². The van der Waals surface area contributed by atoms with Crippen LogP contribution in [0, 0.1) is 13.8 Å². The summed E-state index contributed by atoms with van der Waals surface area (Å²) in [5.41, 5.74) is 2.86. The lowest BCUT2D eigenvalue weighted by Gasteiger charge is -2.29. The second-order valence-corrected chi connectivity index (χ2v) is 14.5. The van der Waals surface area contributed by atoms with Gasteiger partial charge in [-0.15, -0.1) is 0 Å². The molecule has 276 valence electrons. The molecule has 1 aromatic carbocycles. The highest BCUT2D eigenvalue weighted by Gasteiger charge is 2.34. The topological polar surface area (TPSA) is 210 Å². The highest BCUT2D eigenvalue weighted by molar-refractivity contribution is 7.46. The van der Waals surface area contributed by atoms with Gasteiger partial charge in [-0.3, -0.25) is 14.6 Å². The second-order valence-electron chi connectivity index (χ2n) is 13.4. The number of phosphoric acid groups is 1. The number of carbonyl (C=O) groups excluding carboxylic acids is 2. The molecule has 18 heteroatoms. The minimum Gasteiger partial charge on any atom is -0.444 e. The Morgan fingerprint density at radius 3 is 2.63 bits per heavy atom. The van der Waals surface area contributed by atoms with Crippen LogP contribution in [0.3, 0.4) is 0 Å². The molecule has 4 aromatic rings. The number of hydrogen-bond acceptors (Lipinski definition) is 12. The molecule has 1 amide bonds. The summed E-state index contributed by atoms with van der Waals surface area (Å²) in [5.74, 6) is 0.299. The summed E-state index contributed by atoms with van der Waals surface area (Å²) < 4.78 is 42.4. The number of ether oxygens (including phenoxy) is 4. The lowest BCUT2D eigenvalue weighted by molar-refractivity contribution is -0.149. The fraction of sp³-hybridized carbons (Fsp3) is 0.485. The third-order valence-corrected chi connectivity index (χ3v) is 8.45. The van der Waals surface area contributed by atoms with Crippen molar-refractivity contribution < 1.29 is 47.4 Å². The SMILES string of the molecule is COCc1cc2c(Nc3cc([C@H]4C[C@@H](OC(=O)NC(C)C)CO4)nn3COC(=O)CC(C)(C)c3c(C)cc(C)cc3OP(=O)(O)O)nccn2n1. The summed E-state index contributed by atoms with van der Waals surface area (Å²) >= 11 is 0. The highest BCUT2D eigenvalue weighted by Crippen LogP contribution is 2.45. The van der Waals surface area contributed by atoms with Gasteiger partial charge in [-0.1, -0.05) is 19.9 Å². The smallest absolute Gasteiger partial charge is 0.444 e. The van der Waals surface area contributed by atoms with E-state index >= 15 is 0 Å². The van der Waals surface area contributed by atoms with Crippen LogP contribution < -0.4 is 15.2 Å². The van der Waals surface area contributed by atoms with Gasteiger partial charge in [0.05, 0.1) is 31.0 Å². The molecule has 2 atom stereocenters. The number of aromatic nitrogens is 5. The van der Waals surface area contributed by atoms with Crippen molar-refractivity contribution >= 4 is 37.0 Å². The minimum absolute atomic E-state index is 0.00224. The number of aryl methyl sites for hydroxylation is 2. The minimum atomic E-state index is -4.88. The molecule has 0 radical (unpaired) electrons. The van der Waals surface area contributed by atoms with E-state index in [0.29, 0.717) is 52.7 Å². The molecule has 1 saturated heterocycles. The molecule has 0 spiro atoms. The second kappa shape index (κ2) is 15.4. The summed E-state index contributed by atoms with van der Waals surface area (Å²) in [4.78, 5) is 49.2. The fourth-order valence-corrected chi connectivity index (χ4v) is 6.54. The van der Waals surface area contributed by atoms with Crippen molar-refractivity contribution in [3.8, 4) is 5.75 Å². The molecule has 0 aliphatic carbocycles. The van der Waals surface area contributed by atoms with Crippen LogP contribution in [-0.2, 0) is 47.1 Å². The Morgan fingerprint density at radius 2 is 1.92 bits per heavy atom. The molecule has 3 aromatic heterocycles. The molecule has 1 aliphatic rings. The number of fused-ring (bicyclic) bond motifs is 1. The first kappa shape index (κ1) is 37.7. The predicted molar refractivity (Wildman–Crippen MR) is 183 cm³/mol. The maximum absolute atomic E-state index is 13.4. The van der Waals surface area contributed by atoms with E-state index in [2.05, 4.69) is 25.8 Å². The van der Waals surface area contributed by atoms with Gasteiger partial charge in [-0.05, 0) is 51.0 Å². The molecule has 0 saturated carbocycles. The number of phosphoric ester groups is 1. The number of nitrogens with zero attached hydrogens (tertiary/aromatic N) is 5. The van der Waals surface area contributed by atoms with Crippen molar-refractivity contribution in [2.75, 3.05) is 19.0 Å². The zero-order valence-electron chi connectivity index (χ0n) is 29.6. The molecule has 1 fully saturated rings. The molecule has 1 aliphatic heterocycles. The largest absolute Gasteiger partial charge is 0.524 e. The number of benzene rings is 1.